The van der Waals surface area contributed by atoms with Crippen LogP contribution in [0.2, 0.25) is 0 Å². The van der Waals surface area contributed by atoms with Crippen LogP contribution < -0.4 is 0 Å². The summed E-state index contributed by atoms with van der Waals surface area (Å²) in [7, 11) is -3.50. The molecule has 0 N–H and O–H groups in total. The second-order valence-electron chi connectivity index (χ2n) is 3.89. The van der Waals surface area contributed by atoms with E-state index in [0.29, 0.717) is 6.42 Å². The fourth-order valence-electron chi connectivity index (χ4n) is 1.54. The van der Waals surface area contributed by atoms with E-state index in [1.807, 2.05) is 0 Å². The molecule has 0 aromatic rings. The van der Waals surface area contributed by atoms with Gasteiger partial charge in [-0.3, -0.25) is 9.36 Å². The van der Waals surface area contributed by atoms with Gasteiger partial charge in [-0.2, -0.15) is 0 Å². The highest BCUT2D eigenvalue weighted by molar-refractivity contribution is 7.71. The van der Waals surface area contributed by atoms with Crippen LogP contribution in [0.5, 0.6) is 0 Å². The average Bonchev–Trinajstić information content (AvgIpc) is 2.29. The molecule has 0 rings (SSSR count). The number of hydrogen-bond donors (Lipinski definition) is 0. The molecular weight excluding hydrogens is 239 g/mol. The monoisotopic (exact) mass is 264 g/mol. The first kappa shape index (κ1) is 16.8. The fourth-order valence-corrected chi connectivity index (χ4v) is 3.01. The van der Waals surface area contributed by atoms with E-state index >= 15 is 0 Å². The van der Waals surface area contributed by atoms with E-state index in [1.54, 1.807) is 13.8 Å². The topological polar surface area (TPSA) is 52.6 Å². The Morgan fingerprint density at radius 3 is 1.94 bits per heavy atom. The Morgan fingerprint density at radius 1 is 0.941 bits per heavy atom. The van der Waals surface area contributed by atoms with Gasteiger partial charge >= 0.3 is 7.60 Å². The SMILES string of the molecule is CCCCCCCC(=O)P(=O)(OCC)OCC. The van der Waals surface area contributed by atoms with Gasteiger partial charge in [-0.15, -0.1) is 0 Å². The molecule has 4 nitrogen and oxygen atoms in total. The summed E-state index contributed by atoms with van der Waals surface area (Å²) in [5.41, 5.74) is -0.377. The summed E-state index contributed by atoms with van der Waals surface area (Å²) in [6.45, 7) is 6.03. The van der Waals surface area contributed by atoms with E-state index in [0.717, 1.165) is 19.3 Å². The van der Waals surface area contributed by atoms with Crippen molar-refractivity contribution in [2.45, 2.75) is 59.3 Å². The summed E-state index contributed by atoms with van der Waals surface area (Å²) < 4.78 is 22.0. The van der Waals surface area contributed by atoms with Crippen LogP contribution in [0.1, 0.15) is 59.3 Å². The Labute approximate surface area is 105 Å². The van der Waals surface area contributed by atoms with Crippen molar-refractivity contribution in [3.63, 3.8) is 0 Å². The van der Waals surface area contributed by atoms with Gasteiger partial charge in [-0.1, -0.05) is 32.6 Å². The number of rotatable bonds is 11. The lowest BCUT2D eigenvalue weighted by molar-refractivity contribution is -0.114. The van der Waals surface area contributed by atoms with Gasteiger partial charge in [0.15, 0.2) is 0 Å². The maximum atomic E-state index is 12.0. The summed E-state index contributed by atoms with van der Waals surface area (Å²) >= 11 is 0. The van der Waals surface area contributed by atoms with E-state index in [2.05, 4.69) is 6.92 Å². The minimum atomic E-state index is -3.50. The van der Waals surface area contributed by atoms with Gasteiger partial charge in [0.25, 0.3) is 0 Å². The van der Waals surface area contributed by atoms with Crippen LogP contribution in [0.15, 0.2) is 0 Å². The molecule has 0 saturated heterocycles. The predicted molar refractivity (Wildman–Crippen MR) is 69.2 cm³/mol. The zero-order chi connectivity index (χ0) is 13.1. The molecule has 5 heteroatoms. The van der Waals surface area contributed by atoms with Gasteiger partial charge < -0.3 is 9.05 Å². The Kier molecular flexibility index (Phi) is 9.71. The molecule has 0 amide bonds. The molecule has 0 aromatic heterocycles. The van der Waals surface area contributed by atoms with Gasteiger partial charge in [-0.05, 0) is 20.3 Å². The second kappa shape index (κ2) is 9.81. The Hall–Kier alpha value is -0.180. The van der Waals surface area contributed by atoms with Crippen LogP contribution in [0, 0.1) is 0 Å². The van der Waals surface area contributed by atoms with Crippen molar-refractivity contribution in [2.24, 2.45) is 0 Å². The minimum absolute atomic E-state index is 0.235. The molecule has 0 atom stereocenters. The van der Waals surface area contributed by atoms with Crippen LogP contribution in [0.25, 0.3) is 0 Å². The van der Waals surface area contributed by atoms with Crippen LogP contribution in [0.4, 0.5) is 0 Å². The quantitative estimate of drug-likeness (QED) is 0.415. The summed E-state index contributed by atoms with van der Waals surface area (Å²) in [5, 5.41) is 0. The summed E-state index contributed by atoms with van der Waals surface area (Å²) in [5.74, 6) is 0. The van der Waals surface area contributed by atoms with Crippen LogP contribution in [-0.2, 0) is 18.4 Å². The molecule has 0 saturated carbocycles. The maximum absolute atomic E-state index is 12.0. The third-order valence-corrected chi connectivity index (χ3v) is 4.43. The number of hydrogen-bond acceptors (Lipinski definition) is 4. The molecule has 0 fully saturated rings. The standard InChI is InChI=1S/C12H25O4P/c1-4-7-8-9-10-11-12(13)17(14,15-5-2)16-6-3/h4-11H2,1-3H3. The van der Waals surface area contributed by atoms with Crippen molar-refractivity contribution < 1.29 is 18.4 Å². The Bertz CT molecular complexity index is 243. The van der Waals surface area contributed by atoms with Crippen molar-refractivity contribution in [3.8, 4) is 0 Å². The molecule has 0 aromatic carbocycles. The lowest BCUT2D eigenvalue weighted by Gasteiger charge is -2.15. The average molecular weight is 264 g/mol. The predicted octanol–water partition coefficient (Wildman–Crippen LogP) is 4.14. The van der Waals surface area contributed by atoms with Crippen molar-refractivity contribution in [1.82, 2.24) is 0 Å². The van der Waals surface area contributed by atoms with Crippen molar-refractivity contribution in [3.05, 3.63) is 0 Å². The molecule has 0 aliphatic carbocycles. The van der Waals surface area contributed by atoms with Gasteiger partial charge in [0.2, 0.25) is 5.52 Å². The van der Waals surface area contributed by atoms with E-state index in [-0.39, 0.29) is 18.7 Å². The van der Waals surface area contributed by atoms with Gasteiger partial charge in [0.1, 0.15) is 0 Å². The molecule has 0 unspecified atom stereocenters. The third-order valence-electron chi connectivity index (χ3n) is 2.40. The smallest absolute Gasteiger partial charge is 0.303 e. The van der Waals surface area contributed by atoms with Gasteiger partial charge in [0, 0.05) is 6.42 Å². The highest BCUT2D eigenvalue weighted by atomic mass is 31.2. The largest absolute Gasteiger partial charge is 0.396 e. The minimum Gasteiger partial charge on any atom is -0.303 e. The highest BCUT2D eigenvalue weighted by Crippen LogP contribution is 2.50. The molecule has 102 valence electrons. The number of carbonyl (C=O) groups is 1. The van der Waals surface area contributed by atoms with E-state index in [9.17, 15) is 9.36 Å². The van der Waals surface area contributed by atoms with E-state index in [4.69, 9.17) is 9.05 Å². The molecule has 0 spiro atoms. The Morgan fingerprint density at radius 2 is 1.47 bits per heavy atom. The third kappa shape index (κ3) is 6.97. The van der Waals surface area contributed by atoms with E-state index in [1.165, 1.54) is 12.8 Å². The lowest BCUT2D eigenvalue weighted by Crippen LogP contribution is -2.07. The van der Waals surface area contributed by atoms with Crippen LogP contribution >= 0.6 is 7.60 Å². The summed E-state index contributed by atoms with van der Waals surface area (Å²) in [4.78, 5) is 11.8. The summed E-state index contributed by atoms with van der Waals surface area (Å²) in [6.07, 6.45) is 5.53. The van der Waals surface area contributed by atoms with E-state index < -0.39 is 7.60 Å². The van der Waals surface area contributed by atoms with Crippen molar-refractivity contribution in [2.75, 3.05) is 13.2 Å². The zero-order valence-electron chi connectivity index (χ0n) is 11.2. The van der Waals surface area contributed by atoms with Gasteiger partial charge in [-0.25, -0.2) is 0 Å². The first-order valence-corrected chi connectivity index (χ1v) is 8.07. The second-order valence-corrected chi connectivity index (χ2v) is 5.90. The molecular formula is C12H25O4P. The lowest BCUT2D eigenvalue weighted by atomic mass is 10.1. The first-order chi connectivity index (χ1) is 8.10. The molecule has 0 aliphatic rings. The maximum Gasteiger partial charge on any atom is 0.396 e. The van der Waals surface area contributed by atoms with Gasteiger partial charge in [0.05, 0.1) is 13.2 Å². The molecule has 0 heterocycles. The fraction of sp³-hybridized carbons (Fsp3) is 0.917. The first-order valence-electron chi connectivity index (χ1n) is 6.53. The van der Waals surface area contributed by atoms with Crippen molar-refractivity contribution >= 4 is 13.1 Å². The number of carbonyl (C=O) groups excluding carboxylic acids is 1. The highest BCUT2D eigenvalue weighted by Gasteiger charge is 2.32. The van der Waals surface area contributed by atoms with Crippen LogP contribution in [0.3, 0.4) is 0 Å². The molecule has 0 bridgehead atoms. The number of unbranched alkanes of at least 4 members (excludes halogenated alkanes) is 4. The molecule has 0 aliphatic heterocycles. The molecule has 0 radical (unpaired) electrons. The molecule has 17 heavy (non-hydrogen) atoms. The van der Waals surface area contributed by atoms with Crippen molar-refractivity contribution in [1.29, 1.82) is 0 Å². The van der Waals surface area contributed by atoms with Crippen LogP contribution in [-0.4, -0.2) is 18.7 Å². The Balaban J connectivity index is 4.02. The summed E-state index contributed by atoms with van der Waals surface area (Å²) in [6, 6.07) is 0. The zero-order valence-corrected chi connectivity index (χ0v) is 12.1. The normalized spacial score (nSPS) is 11.7.